The van der Waals surface area contributed by atoms with Crippen LogP contribution in [-0.2, 0) is 34.3 Å². The number of thiophene rings is 1. The van der Waals surface area contributed by atoms with E-state index in [2.05, 4.69) is 5.10 Å². The molecule has 0 atom stereocenters. The Balaban J connectivity index is 1.98. The number of alkyl halides is 3. The maximum absolute atomic E-state index is 13.3. The fourth-order valence-corrected chi connectivity index (χ4v) is 5.80. The molecule has 2 heterocycles. The van der Waals surface area contributed by atoms with Crippen LogP contribution in [-0.4, -0.2) is 35.9 Å². The summed E-state index contributed by atoms with van der Waals surface area (Å²) in [7, 11) is -2.87. The molecule has 0 aliphatic carbocycles. The lowest BCUT2D eigenvalue weighted by atomic mass is 10.1. The maximum atomic E-state index is 13.3. The van der Waals surface area contributed by atoms with Gasteiger partial charge in [0.05, 0.1) is 16.4 Å². The van der Waals surface area contributed by atoms with Gasteiger partial charge in [0.1, 0.15) is 21.3 Å². The Labute approximate surface area is 192 Å². The molecule has 0 fully saturated rings. The fourth-order valence-electron chi connectivity index (χ4n) is 3.06. The average Bonchev–Trinajstić information content (AvgIpc) is 3.37. The minimum Gasteiger partial charge on any atom is -0.494 e. The van der Waals surface area contributed by atoms with Gasteiger partial charge in [0.25, 0.3) is 0 Å². The second kappa shape index (κ2) is 9.56. The molecule has 0 aliphatic heterocycles. The molecule has 3 rings (SSSR count). The molecule has 33 heavy (non-hydrogen) atoms. The summed E-state index contributed by atoms with van der Waals surface area (Å²) in [5.74, 6) is -0.717. The highest BCUT2D eigenvalue weighted by Crippen LogP contribution is 2.37. The van der Waals surface area contributed by atoms with E-state index in [4.69, 9.17) is 9.84 Å². The van der Waals surface area contributed by atoms with Gasteiger partial charge >= 0.3 is 12.1 Å². The van der Waals surface area contributed by atoms with E-state index in [9.17, 15) is 26.4 Å². The number of ether oxygens (including phenoxy) is 1. The van der Waals surface area contributed by atoms with E-state index in [-0.39, 0.29) is 32.5 Å². The van der Waals surface area contributed by atoms with E-state index < -0.39 is 27.7 Å². The third-order valence-electron chi connectivity index (χ3n) is 4.62. The first-order chi connectivity index (χ1) is 15.4. The zero-order valence-corrected chi connectivity index (χ0v) is 19.4. The number of aromatic nitrogens is 2. The molecule has 0 aliphatic rings. The van der Waals surface area contributed by atoms with Crippen molar-refractivity contribution in [3.05, 3.63) is 47.7 Å². The standard InChI is InChI=1S/C21H21F3N2O5S2/c1-3-8-31-14-9-13(4-6-19(27)28)10-15(11-14)33(29,30)20-7-5-17(32-20)16-12-18(21(22,23)24)26(2)25-16/h5,7,9-12H,3-4,6,8H2,1-2H3,(H,27,28). The highest BCUT2D eigenvalue weighted by Gasteiger charge is 2.35. The van der Waals surface area contributed by atoms with Crippen LogP contribution in [0.5, 0.6) is 5.75 Å². The van der Waals surface area contributed by atoms with Gasteiger partial charge < -0.3 is 9.84 Å². The minimum atomic E-state index is -4.59. The van der Waals surface area contributed by atoms with Gasteiger partial charge in [-0.3, -0.25) is 9.48 Å². The number of carboxylic acid groups (broad SMARTS) is 1. The molecule has 3 aromatic rings. The van der Waals surface area contributed by atoms with E-state index in [1.54, 1.807) is 6.07 Å². The monoisotopic (exact) mass is 502 g/mol. The lowest BCUT2D eigenvalue weighted by Gasteiger charge is -2.10. The Morgan fingerprint density at radius 1 is 1.21 bits per heavy atom. The van der Waals surface area contributed by atoms with Crippen molar-refractivity contribution in [2.45, 2.75) is 41.5 Å². The summed E-state index contributed by atoms with van der Waals surface area (Å²) in [5, 5.41) is 12.8. The number of carboxylic acids is 1. The van der Waals surface area contributed by atoms with Crippen molar-refractivity contribution in [2.75, 3.05) is 6.61 Å². The van der Waals surface area contributed by atoms with Crippen molar-refractivity contribution in [1.29, 1.82) is 0 Å². The van der Waals surface area contributed by atoms with Gasteiger partial charge in [-0.05, 0) is 54.8 Å². The van der Waals surface area contributed by atoms with E-state index in [1.165, 1.54) is 24.3 Å². The summed E-state index contributed by atoms with van der Waals surface area (Å²) in [6, 6.07) is 7.93. The molecule has 0 saturated heterocycles. The average molecular weight is 503 g/mol. The van der Waals surface area contributed by atoms with Gasteiger partial charge in [0.15, 0.2) is 0 Å². The normalized spacial score (nSPS) is 12.2. The minimum absolute atomic E-state index is 0.0125. The van der Waals surface area contributed by atoms with Crippen LogP contribution in [0, 0.1) is 0 Å². The number of halogens is 3. The Bertz CT molecular complexity index is 1260. The number of sulfone groups is 1. The van der Waals surface area contributed by atoms with Gasteiger partial charge in [0, 0.05) is 13.5 Å². The van der Waals surface area contributed by atoms with E-state index >= 15 is 0 Å². The third-order valence-corrected chi connectivity index (χ3v) is 7.95. The number of nitrogens with zero attached hydrogens (tertiary/aromatic N) is 2. The van der Waals surface area contributed by atoms with Crippen molar-refractivity contribution >= 4 is 27.1 Å². The van der Waals surface area contributed by atoms with Crippen LogP contribution in [0.15, 0.2) is 45.5 Å². The fraction of sp³-hybridized carbons (Fsp3) is 0.333. The molecule has 0 radical (unpaired) electrons. The van der Waals surface area contributed by atoms with Crippen LogP contribution < -0.4 is 4.74 Å². The van der Waals surface area contributed by atoms with E-state index in [0.717, 1.165) is 24.5 Å². The first kappa shape index (κ1) is 24.8. The molecule has 2 aromatic heterocycles. The van der Waals surface area contributed by atoms with Crippen molar-refractivity contribution < 1.29 is 36.2 Å². The molecule has 0 unspecified atom stereocenters. The van der Waals surface area contributed by atoms with Gasteiger partial charge in [-0.2, -0.15) is 18.3 Å². The molecular formula is C21H21F3N2O5S2. The molecule has 1 N–H and O–H groups in total. The molecule has 0 saturated carbocycles. The van der Waals surface area contributed by atoms with Crippen molar-refractivity contribution in [1.82, 2.24) is 9.78 Å². The number of aryl methyl sites for hydroxylation is 2. The van der Waals surface area contributed by atoms with Crippen LogP contribution in [0.4, 0.5) is 13.2 Å². The largest absolute Gasteiger partial charge is 0.494 e. The zero-order valence-electron chi connectivity index (χ0n) is 17.7. The predicted octanol–water partition coefficient (Wildman–Crippen LogP) is 4.81. The number of aliphatic carboxylic acids is 1. The lowest BCUT2D eigenvalue weighted by molar-refractivity contribution is -0.143. The molecule has 0 amide bonds. The summed E-state index contributed by atoms with van der Waals surface area (Å²) in [4.78, 5) is 11.1. The van der Waals surface area contributed by atoms with Crippen molar-refractivity contribution in [3.8, 4) is 16.3 Å². The van der Waals surface area contributed by atoms with E-state index in [1.807, 2.05) is 6.92 Å². The molecule has 12 heteroatoms. The Morgan fingerprint density at radius 3 is 2.55 bits per heavy atom. The molecular weight excluding hydrogens is 481 g/mol. The van der Waals surface area contributed by atoms with Crippen LogP contribution in [0.25, 0.3) is 10.6 Å². The van der Waals surface area contributed by atoms with E-state index in [0.29, 0.717) is 29.0 Å². The number of rotatable bonds is 9. The summed E-state index contributed by atoms with van der Waals surface area (Å²) in [5.41, 5.74) is -0.446. The van der Waals surface area contributed by atoms with Gasteiger partial charge in [-0.25, -0.2) is 8.42 Å². The number of benzene rings is 1. The SMILES string of the molecule is CCCOc1cc(CCC(=O)O)cc(S(=O)(=O)c2ccc(-c3cc(C(F)(F)F)n(C)n3)s2)c1. The second-order valence-corrected chi connectivity index (χ2v) is 10.5. The van der Waals surface area contributed by atoms with Crippen LogP contribution in [0.1, 0.15) is 31.0 Å². The summed E-state index contributed by atoms with van der Waals surface area (Å²) in [6.07, 6.45) is -3.96. The number of carbonyl (C=O) groups is 1. The Hall–Kier alpha value is -2.86. The van der Waals surface area contributed by atoms with Crippen LogP contribution >= 0.6 is 11.3 Å². The molecule has 7 nitrogen and oxygen atoms in total. The highest BCUT2D eigenvalue weighted by atomic mass is 32.2. The molecule has 0 bridgehead atoms. The number of hydrogen-bond acceptors (Lipinski definition) is 6. The molecule has 1 aromatic carbocycles. The third kappa shape index (κ3) is 5.74. The van der Waals surface area contributed by atoms with Crippen molar-refractivity contribution in [3.63, 3.8) is 0 Å². The predicted molar refractivity (Wildman–Crippen MR) is 115 cm³/mol. The first-order valence-electron chi connectivity index (χ1n) is 9.87. The lowest BCUT2D eigenvalue weighted by Crippen LogP contribution is -2.11. The number of hydrogen-bond donors (Lipinski definition) is 1. The molecule has 0 spiro atoms. The quantitative estimate of drug-likeness (QED) is 0.451. The van der Waals surface area contributed by atoms with Gasteiger partial charge in [0.2, 0.25) is 9.84 Å². The van der Waals surface area contributed by atoms with Crippen molar-refractivity contribution in [2.24, 2.45) is 7.05 Å². The first-order valence-corrected chi connectivity index (χ1v) is 12.2. The van der Waals surface area contributed by atoms with Crippen LogP contribution in [0.3, 0.4) is 0 Å². The summed E-state index contributed by atoms with van der Waals surface area (Å²) in [6.45, 7) is 2.24. The maximum Gasteiger partial charge on any atom is 0.433 e. The highest BCUT2D eigenvalue weighted by molar-refractivity contribution is 7.93. The van der Waals surface area contributed by atoms with Crippen LogP contribution in [0.2, 0.25) is 0 Å². The smallest absolute Gasteiger partial charge is 0.433 e. The Morgan fingerprint density at radius 2 is 1.94 bits per heavy atom. The van der Waals surface area contributed by atoms with Gasteiger partial charge in [-0.15, -0.1) is 11.3 Å². The topological polar surface area (TPSA) is 98.5 Å². The zero-order chi connectivity index (χ0) is 24.4. The summed E-state index contributed by atoms with van der Waals surface area (Å²) >= 11 is 0.802. The Kier molecular flexibility index (Phi) is 7.17. The molecule has 178 valence electrons. The summed E-state index contributed by atoms with van der Waals surface area (Å²) < 4.78 is 71.9. The second-order valence-electron chi connectivity index (χ2n) is 7.21. The van der Waals surface area contributed by atoms with Gasteiger partial charge in [-0.1, -0.05) is 6.92 Å².